The molecule has 0 radical (unpaired) electrons. The molecule has 2 heterocycles. The molecular weight excluding hydrogens is 566 g/mol. The first-order valence-electron chi connectivity index (χ1n) is 14.6. The first-order valence-corrected chi connectivity index (χ1v) is 16.5. The number of benzene rings is 3. The van der Waals surface area contributed by atoms with Crippen LogP contribution in [0, 0.1) is 18.6 Å². The maximum absolute atomic E-state index is 16.2. The standard InChI is InChI=1S/C34H38F2N2O4Si/c1-22-18-38(19-23(2)42-22)32-25(17-28(30(35)31(32)36)33(39)29-21-40-24(3)37-29)20-41-43(34(4,5)6,26-13-9-7-10-14-26)27-15-11-8-12-16-27/h7-17,21-23H,18-20H2,1-6H3. The van der Waals surface area contributed by atoms with Gasteiger partial charge in [-0.3, -0.25) is 4.79 Å². The number of ether oxygens (including phenoxy) is 1. The van der Waals surface area contributed by atoms with Gasteiger partial charge in [0.2, 0.25) is 5.78 Å². The number of hydrogen-bond donors (Lipinski definition) is 0. The van der Waals surface area contributed by atoms with E-state index in [1.54, 1.807) is 11.8 Å². The van der Waals surface area contributed by atoms with E-state index < -0.39 is 31.3 Å². The fourth-order valence-corrected chi connectivity index (χ4v) is 10.7. The highest BCUT2D eigenvalue weighted by Gasteiger charge is 2.50. The fourth-order valence-electron chi connectivity index (χ4n) is 6.20. The smallest absolute Gasteiger partial charge is 0.261 e. The van der Waals surface area contributed by atoms with E-state index in [4.69, 9.17) is 13.6 Å². The molecule has 2 unspecified atom stereocenters. The molecule has 2 atom stereocenters. The van der Waals surface area contributed by atoms with Crippen molar-refractivity contribution in [1.82, 2.24) is 4.98 Å². The second kappa shape index (κ2) is 12.1. The van der Waals surface area contributed by atoms with Crippen LogP contribution >= 0.6 is 0 Å². The van der Waals surface area contributed by atoms with E-state index in [-0.39, 0.29) is 41.1 Å². The van der Waals surface area contributed by atoms with Crippen molar-refractivity contribution >= 4 is 30.2 Å². The van der Waals surface area contributed by atoms with Gasteiger partial charge < -0.3 is 18.5 Å². The number of nitrogens with zero attached hydrogens (tertiary/aromatic N) is 2. The van der Waals surface area contributed by atoms with Crippen molar-refractivity contribution in [3.63, 3.8) is 0 Å². The first kappa shape index (κ1) is 30.8. The lowest BCUT2D eigenvalue weighted by atomic mass is 10.0. The van der Waals surface area contributed by atoms with E-state index in [1.165, 1.54) is 6.07 Å². The summed E-state index contributed by atoms with van der Waals surface area (Å²) < 4.78 is 50.2. The van der Waals surface area contributed by atoms with E-state index in [9.17, 15) is 4.79 Å². The van der Waals surface area contributed by atoms with Gasteiger partial charge in [0.05, 0.1) is 30.1 Å². The minimum absolute atomic E-state index is 0.0436. The topological polar surface area (TPSA) is 64.8 Å². The van der Waals surface area contributed by atoms with Gasteiger partial charge in [-0.2, -0.15) is 0 Å². The maximum Gasteiger partial charge on any atom is 0.261 e. The molecule has 6 nitrogen and oxygen atoms in total. The summed E-state index contributed by atoms with van der Waals surface area (Å²) in [6.45, 7) is 12.5. The molecule has 0 saturated carbocycles. The van der Waals surface area contributed by atoms with Gasteiger partial charge in [0.25, 0.3) is 8.32 Å². The van der Waals surface area contributed by atoms with Crippen LogP contribution in [-0.2, 0) is 15.8 Å². The van der Waals surface area contributed by atoms with Crippen molar-refractivity contribution in [3.05, 3.63) is 107 Å². The van der Waals surface area contributed by atoms with Crippen molar-refractivity contribution in [3.8, 4) is 0 Å². The predicted molar refractivity (Wildman–Crippen MR) is 166 cm³/mol. The summed E-state index contributed by atoms with van der Waals surface area (Å²) in [6, 6.07) is 21.6. The first-order chi connectivity index (χ1) is 20.4. The summed E-state index contributed by atoms with van der Waals surface area (Å²) in [6.07, 6.45) is 0.763. The molecule has 1 aliphatic heterocycles. The van der Waals surface area contributed by atoms with Crippen LogP contribution in [0.3, 0.4) is 0 Å². The molecule has 1 saturated heterocycles. The number of halogens is 2. The Bertz CT molecular complexity index is 1540. The Morgan fingerprint density at radius 1 is 0.977 bits per heavy atom. The minimum Gasteiger partial charge on any atom is -0.449 e. The van der Waals surface area contributed by atoms with E-state index >= 15 is 8.78 Å². The zero-order valence-corrected chi connectivity index (χ0v) is 26.5. The number of ketones is 1. The zero-order chi connectivity index (χ0) is 30.9. The summed E-state index contributed by atoms with van der Waals surface area (Å²) in [5, 5.41) is 1.77. The number of oxazole rings is 1. The Morgan fingerprint density at radius 3 is 2.02 bits per heavy atom. The lowest BCUT2D eigenvalue weighted by molar-refractivity contribution is -0.00553. The van der Waals surface area contributed by atoms with Gasteiger partial charge in [-0.05, 0) is 35.3 Å². The number of anilines is 1. The monoisotopic (exact) mass is 604 g/mol. The molecule has 5 rings (SSSR count). The summed E-state index contributed by atoms with van der Waals surface area (Å²) in [7, 11) is -3.04. The Hall–Kier alpha value is -3.66. The second-order valence-corrected chi connectivity index (χ2v) is 16.6. The van der Waals surface area contributed by atoms with Crippen LogP contribution in [0.4, 0.5) is 14.5 Å². The van der Waals surface area contributed by atoms with Gasteiger partial charge in [0, 0.05) is 25.6 Å². The van der Waals surface area contributed by atoms with Gasteiger partial charge in [-0.1, -0.05) is 81.4 Å². The van der Waals surface area contributed by atoms with Gasteiger partial charge in [0.15, 0.2) is 17.5 Å². The Morgan fingerprint density at radius 2 is 1.53 bits per heavy atom. The van der Waals surface area contributed by atoms with Crippen LogP contribution in [-0.4, -0.2) is 44.4 Å². The van der Waals surface area contributed by atoms with Crippen LogP contribution < -0.4 is 15.3 Å². The van der Waals surface area contributed by atoms with E-state index in [0.717, 1.165) is 16.6 Å². The van der Waals surface area contributed by atoms with Crippen molar-refractivity contribution in [2.75, 3.05) is 18.0 Å². The number of morpholine rings is 1. The normalized spacial score (nSPS) is 17.7. The summed E-state index contributed by atoms with van der Waals surface area (Å²) in [5.74, 6) is -2.81. The van der Waals surface area contributed by atoms with Crippen molar-refractivity contribution in [2.45, 2.75) is 65.4 Å². The second-order valence-electron chi connectivity index (χ2n) is 12.3. The van der Waals surface area contributed by atoms with E-state index in [1.807, 2.05) is 50.2 Å². The third kappa shape index (κ3) is 5.94. The van der Waals surface area contributed by atoms with Crippen molar-refractivity contribution < 1.29 is 27.2 Å². The van der Waals surface area contributed by atoms with Gasteiger partial charge in [-0.15, -0.1) is 0 Å². The maximum atomic E-state index is 16.2. The molecule has 0 spiro atoms. The Kier molecular flexibility index (Phi) is 8.69. The third-order valence-electron chi connectivity index (χ3n) is 7.95. The lowest BCUT2D eigenvalue weighted by Gasteiger charge is -2.43. The number of rotatable bonds is 8. The van der Waals surface area contributed by atoms with E-state index in [2.05, 4.69) is 50.0 Å². The largest absolute Gasteiger partial charge is 0.449 e. The van der Waals surface area contributed by atoms with Crippen LogP contribution in [0.15, 0.2) is 77.4 Å². The molecule has 1 fully saturated rings. The molecule has 0 amide bonds. The molecular formula is C34H38F2N2O4Si. The predicted octanol–water partition coefficient (Wildman–Crippen LogP) is 6.18. The molecule has 9 heteroatoms. The SMILES string of the molecule is Cc1nc(C(=O)c2cc(CO[Si](c3ccccc3)(c3ccccc3)C(C)(C)C)c(N3CC(C)OC(C)C3)c(F)c2F)co1. The molecule has 226 valence electrons. The number of hydrogen-bond acceptors (Lipinski definition) is 6. The Labute approximate surface area is 252 Å². The highest BCUT2D eigenvalue weighted by Crippen LogP contribution is 2.39. The molecule has 0 bridgehead atoms. The molecule has 1 aliphatic rings. The lowest BCUT2D eigenvalue weighted by Crippen LogP contribution is -2.66. The molecule has 3 aromatic carbocycles. The highest BCUT2D eigenvalue weighted by atomic mass is 28.4. The molecule has 43 heavy (non-hydrogen) atoms. The molecule has 4 aromatic rings. The Balaban J connectivity index is 1.68. The van der Waals surface area contributed by atoms with Crippen LogP contribution in [0.25, 0.3) is 0 Å². The minimum atomic E-state index is -3.04. The van der Waals surface area contributed by atoms with Crippen LogP contribution in [0.1, 0.15) is 62.1 Å². The number of aromatic nitrogens is 1. The molecule has 1 aromatic heterocycles. The zero-order valence-electron chi connectivity index (χ0n) is 25.5. The van der Waals surface area contributed by atoms with Gasteiger partial charge in [0.1, 0.15) is 12.0 Å². The number of carbonyl (C=O) groups is 1. The summed E-state index contributed by atoms with van der Waals surface area (Å²) in [5.41, 5.74) is -0.0250. The van der Waals surface area contributed by atoms with Gasteiger partial charge in [-0.25, -0.2) is 13.8 Å². The average Bonchev–Trinajstić information content (AvgIpc) is 3.41. The third-order valence-corrected chi connectivity index (χ3v) is 12.9. The van der Waals surface area contributed by atoms with Crippen molar-refractivity contribution in [2.24, 2.45) is 0 Å². The number of carbonyl (C=O) groups excluding carboxylic acids is 1. The van der Waals surface area contributed by atoms with Gasteiger partial charge >= 0.3 is 0 Å². The van der Waals surface area contributed by atoms with Crippen LogP contribution in [0.5, 0.6) is 0 Å². The highest BCUT2D eigenvalue weighted by molar-refractivity contribution is 6.99. The molecule has 0 aliphatic carbocycles. The molecule has 0 N–H and O–H groups in total. The summed E-state index contributed by atoms with van der Waals surface area (Å²) >= 11 is 0. The average molecular weight is 605 g/mol. The summed E-state index contributed by atoms with van der Waals surface area (Å²) in [4.78, 5) is 19.2. The van der Waals surface area contributed by atoms with Crippen LogP contribution in [0.2, 0.25) is 5.04 Å². The van der Waals surface area contributed by atoms with Crippen molar-refractivity contribution in [1.29, 1.82) is 0 Å². The number of aryl methyl sites for hydroxylation is 1. The van der Waals surface area contributed by atoms with E-state index in [0.29, 0.717) is 18.7 Å². The fraction of sp³-hybridized carbons (Fsp3) is 0.353. The quantitative estimate of drug-likeness (QED) is 0.177.